The highest BCUT2D eigenvalue weighted by atomic mass is 19.4. The van der Waals surface area contributed by atoms with Gasteiger partial charge in [0.05, 0.1) is 29.4 Å². The van der Waals surface area contributed by atoms with Crippen molar-refractivity contribution in [1.82, 2.24) is 15.1 Å². The Morgan fingerprint density at radius 3 is 2.53 bits per heavy atom. The van der Waals surface area contributed by atoms with E-state index in [4.69, 9.17) is 0 Å². The van der Waals surface area contributed by atoms with E-state index >= 15 is 0 Å². The van der Waals surface area contributed by atoms with E-state index < -0.39 is 35.5 Å². The molecule has 2 heterocycles. The summed E-state index contributed by atoms with van der Waals surface area (Å²) in [5.74, 6) is -1.02. The number of alkyl halides is 3. The lowest BCUT2D eigenvalue weighted by Gasteiger charge is -2.31. The fraction of sp³-hybridized carbons (Fsp3) is 0.238. The van der Waals surface area contributed by atoms with Crippen molar-refractivity contribution in [3.63, 3.8) is 0 Å². The highest BCUT2D eigenvalue weighted by Crippen LogP contribution is 2.37. The van der Waals surface area contributed by atoms with Crippen molar-refractivity contribution in [2.75, 3.05) is 13.6 Å². The Hall–Kier alpha value is -3.36. The molecule has 30 heavy (non-hydrogen) atoms. The number of nitrogens with zero attached hydrogens (tertiary/aromatic N) is 2. The second-order valence-corrected chi connectivity index (χ2v) is 7.18. The largest absolute Gasteiger partial charge is 0.416 e. The van der Waals surface area contributed by atoms with E-state index in [0.29, 0.717) is 11.3 Å². The minimum Gasteiger partial charge on any atom is -0.329 e. The predicted molar refractivity (Wildman–Crippen MR) is 99.3 cm³/mol. The Bertz CT molecular complexity index is 1060. The number of carbonyl (C=O) groups excluding carboxylic acids is 2. The van der Waals surface area contributed by atoms with E-state index in [9.17, 15) is 27.2 Å². The summed E-state index contributed by atoms with van der Waals surface area (Å²) < 4.78 is 53.3. The third-order valence-electron chi connectivity index (χ3n) is 5.28. The van der Waals surface area contributed by atoms with Gasteiger partial charge in [-0.2, -0.15) is 13.2 Å². The van der Waals surface area contributed by atoms with Crippen molar-refractivity contribution in [3.8, 4) is 0 Å². The number of hydrogen-bond donors (Lipinski definition) is 1. The highest BCUT2D eigenvalue weighted by molar-refractivity contribution is 6.01. The van der Waals surface area contributed by atoms with Crippen LogP contribution in [0.4, 0.5) is 22.4 Å². The average molecular weight is 419 g/mol. The second-order valence-electron chi connectivity index (χ2n) is 7.18. The molecule has 0 spiro atoms. The van der Waals surface area contributed by atoms with Gasteiger partial charge in [-0.1, -0.05) is 30.3 Å². The lowest BCUT2D eigenvalue weighted by Crippen LogP contribution is -2.45. The van der Waals surface area contributed by atoms with Gasteiger partial charge in [-0.3, -0.25) is 9.69 Å². The summed E-state index contributed by atoms with van der Waals surface area (Å²) in [6.07, 6.45) is -4.49. The van der Waals surface area contributed by atoms with E-state index in [0.717, 1.165) is 12.1 Å². The van der Waals surface area contributed by atoms with Gasteiger partial charge in [-0.05, 0) is 23.8 Å². The first kappa shape index (κ1) is 19.9. The summed E-state index contributed by atoms with van der Waals surface area (Å²) in [6.45, 7) is -0.0267. The summed E-state index contributed by atoms with van der Waals surface area (Å²) >= 11 is 0. The number of carbonyl (C=O) groups is 2. The van der Waals surface area contributed by atoms with Crippen molar-refractivity contribution >= 4 is 11.9 Å². The lowest BCUT2D eigenvalue weighted by atomic mass is 9.95. The number of rotatable bonds is 3. The minimum atomic E-state index is -4.49. The molecule has 5 nitrogen and oxygen atoms in total. The predicted octanol–water partition coefficient (Wildman–Crippen LogP) is 3.84. The van der Waals surface area contributed by atoms with Crippen LogP contribution in [0.25, 0.3) is 0 Å². The zero-order valence-electron chi connectivity index (χ0n) is 15.8. The maximum Gasteiger partial charge on any atom is 0.416 e. The smallest absolute Gasteiger partial charge is 0.329 e. The standard InChI is InChI=1S/C21H17F4N3O2/c1-27-16-11-28(10-12-5-4-6-13(9-12)21(23,24)25)19(29)17(16)18(26-20(27)30)14-7-2-3-8-15(14)22/h2-9,18H,10-11H2,1H3,(H,26,30). The van der Waals surface area contributed by atoms with Crippen LogP contribution in [0.1, 0.15) is 22.7 Å². The van der Waals surface area contributed by atoms with Gasteiger partial charge in [0.25, 0.3) is 5.91 Å². The Labute approximate surface area is 169 Å². The monoisotopic (exact) mass is 419 g/mol. The maximum atomic E-state index is 14.4. The second kappa shape index (κ2) is 7.16. The van der Waals surface area contributed by atoms with Gasteiger partial charge in [-0.15, -0.1) is 0 Å². The molecule has 0 bridgehead atoms. The van der Waals surface area contributed by atoms with Gasteiger partial charge < -0.3 is 10.2 Å². The zero-order valence-corrected chi connectivity index (χ0v) is 15.8. The van der Waals surface area contributed by atoms with Crippen molar-refractivity contribution in [2.24, 2.45) is 0 Å². The van der Waals surface area contributed by atoms with Crippen LogP contribution >= 0.6 is 0 Å². The molecule has 0 fully saturated rings. The van der Waals surface area contributed by atoms with Gasteiger partial charge in [-0.25, -0.2) is 9.18 Å². The fourth-order valence-corrected chi connectivity index (χ4v) is 3.76. The number of likely N-dealkylation sites (N-methyl/N-ethyl adjacent to an activating group) is 1. The number of halogens is 4. The van der Waals surface area contributed by atoms with E-state index in [1.54, 1.807) is 6.07 Å². The molecule has 156 valence electrons. The summed E-state index contributed by atoms with van der Waals surface area (Å²) in [6, 6.07) is 9.10. The zero-order chi connectivity index (χ0) is 21.6. The molecule has 9 heteroatoms. The summed E-state index contributed by atoms with van der Waals surface area (Å²) in [5.41, 5.74) is 0.281. The van der Waals surface area contributed by atoms with Crippen LogP contribution in [0.2, 0.25) is 0 Å². The van der Waals surface area contributed by atoms with Crippen LogP contribution in [-0.2, 0) is 17.5 Å². The fourth-order valence-electron chi connectivity index (χ4n) is 3.76. The lowest BCUT2D eigenvalue weighted by molar-refractivity contribution is -0.137. The molecule has 1 atom stereocenters. The molecule has 2 aliphatic rings. The van der Waals surface area contributed by atoms with Crippen LogP contribution in [0, 0.1) is 5.82 Å². The van der Waals surface area contributed by atoms with Crippen LogP contribution in [0.5, 0.6) is 0 Å². The van der Waals surface area contributed by atoms with Crippen LogP contribution in [0.3, 0.4) is 0 Å². The van der Waals surface area contributed by atoms with E-state index in [1.807, 2.05) is 0 Å². The molecule has 0 aliphatic carbocycles. The first-order valence-electron chi connectivity index (χ1n) is 9.14. The number of benzene rings is 2. The Morgan fingerprint density at radius 2 is 1.83 bits per heavy atom. The molecule has 0 aromatic heterocycles. The molecule has 1 unspecified atom stereocenters. The van der Waals surface area contributed by atoms with Crippen molar-refractivity contribution in [3.05, 3.63) is 82.3 Å². The molecular weight excluding hydrogens is 402 g/mol. The van der Waals surface area contributed by atoms with Crippen molar-refractivity contribution in [2.45, 2.75) is 18.8 Å². The summed E-state index contributed by atoms with van der Waals surface area (Å²) in [4.78, 5) is 28.1. The minimum absolute atomic E-state index is 0.0410. The van der Waals surface area contributed by atoms with Crippen LogP contribution in [-0.4, -0.2) is 35.3 Å². The Morgan fingerprint density at radius 1 is 1.10 bits per heavy atom. The maximum absolute atomic E-state index is 14.4. The molecule has 3 amide bonds. The Balaban J connectivity index is 1.66. The molecule has 0 saturated carbocycles. The van der Waals surface area contributed by atoms with E-state index in [-0.39, 0.29) is 24.2 Å². The number of urea groups is 1. The number of amides is 3. The SMILES string of the molecule is CN1C(=O)NC(c2ccccc2F)C2=C1CN(Cc1cccc(C(F)(F)F)c1)C2=O. The number of nitrogens with one attached hydrogen (secondary N) is 1. The van der Waals surface area contributed by atoms with E-state index in [2.05, 4.69) is 5.32 Å². The normalized spacial score (nSPS) is 19.3. The third-order valence-corrected chi connectivity index (χ3v) is 5.28. The van der Waals surface area contributed by atoms with E-state index in [1.165, 1.54) is 47.2 Å². The molecule has 4 rings (SSSR count). The van der Waals surface area contributed by atoms with Gasteiger partial charge in [0.1, 0.15) is 5.82 Å². The van der Waals surface area contributed by atoms with Crippen LogP contribution < -0.4 is 5.32 Å². The molecule has 1 N–H and O–H groups in total. The summed E-state index contributed by atoms with van der Waals surface area (Å²) in [5, 5.41) is 2.63. The molecule has 2 aromatic carbocycles. The summed E-state index contributed by atoms with van der Waals surface area (Å²) in [7, 11) is 1.49. The highest BCUT2D eigenvalue weighted by Gasteiger charge is 2.43. The first-order valence-corrected chi connectivity index (χ1v) is 9.14. The van der Waals surface area contributed by atoms with Crippen LogP contribution in [0.15, 0.2) is 59.8 Å². The average Bonchev–Trinajstić information content (AvgIpc) is 3.01. The third kappa shape index (κ3) is 3.40. The van der Waals surface area contributed by atoms with Gasteiger partial charge >= 0.3 is 12.2 Å². The number of hydrogen-bond acceptors (Lipinski definition) is 2. The quantitative estimate of drug-likeness (QED) is 0.769. The van der Waals surface area contributed by atoms with Crippen molar-refractivity contribution < 1.29 is 27.2 Å². The molecule has 2 aromatic rings. The van der Waals surface area contributed by atoms with Crippen molar-refractivity contribution in [1.29, 1.82) is 0 Å². The van der Waals surface area contributed by atoms with Gasteiger partial charge in [0, 0.05) is 19.2 Å². The molecule has 2 aliphatic heterocycles. The molecule has 0 radical (unpaired) electrons. The molecule has 0 saturated heterocycles. The first-order chi connectivity index (χ1) is 14.2. The van der Waals surface area contributed by atoms with Gasteiger partial charge in [0.15, 0.2) is 0 Å². The van der Waals surface area contributed by atoms with Gasteiger partial charge in [0.2, 0.25) is 0 Å². The topological polar surface area (TPSA) is 52.7 Å². The molecular formula is C21H17F4N3O2. The Kier molecular flexibility index (Phi) is 4.76.